The Labute approximate surface area is 166 Å². The molecule has 5 heteroatoms. The molecule has 0 spiro atoms. The molecule has 0 radical (unpaired) electrons. The Balaban J connectivity index is 1.31. The van der Waals surface area contributed by atoms with Gasteiger partial charge in [-0.3, -0.25) is 4.90 Å². The number of ether oxygens (including phenoxy) is 1. The zero-order valence-corrected chi connectivity index (χ0v) is 16.3. The van der Waals surface area contributed by atoms with Crippen molar-refractivity contribution in [1.29, 1.82) is 0 Å². The van der Waals surface area contributed by atoms with Crippen LogP contribution in [0.4, 0.5) is 5.82 Å². The summed E-state index contributed by atoms with van der Waals surface area (Å²) in [5.41, 5.74) is 2.85. The highest BCUT2D eigenvalue weighted by Crippen LogP contribution is 2.29. The fraction of sp³-hybridized carbons (Fsp3) is 0.304. The number of rotatable bonds is 7. The first-order valence-corrected chi connectivity index (χ1v) is 9.82. The first kappa shape index (κ1) is 18.4. The number of hydrogen-bond acceptors (Lipinski definition) is 5. The molecule has 1 aliphatic heterocycles. The van der Waals surface area contributed by atoms with Crippen molar-refractivity contribution in [2.75, 3.05) is 38.6 Å². The third-order valence-electron chi connectivity index (χ3n) is 5.27. The molecule has 0 fully saturated rings. The van der Waals surface area contributed by atoms with Gasteiger partial charge in [0.15, 0.2) is 11.6 Å². The van der Waals surface area contributed by atoms with Crippen LogP contribution in [0.2, 0.25) is 0 Å². The first-order chi connectivity index (χ1) is 13.8. The molecule has 0 amide bonds. The molecule has 0 atom stereocenters. The second-order valence-electron chi connectivity index (χ2n) is 7.03. The van der Waals surface area contributed by atoms with E-state index < -0.39 is 0 Å². The SMILES string of the molecule is COc1cncnc1NCCCN1CC=C(c2cccc3ccccc23)CC1. The van der Waals surface area contributed by atoms with Gasteiger partial charge >= 0.3 is 0 Å². The van der Waals surface area contributed by atoms with E-state index in [1.807, 2.05) is 0 Å². The van der Waals surface area contributed by atoms with Crippen molar-refractivity contribution in [3.8, 4) is 5.75 Å². The van der Waals surface area contributed by atoms with E-state index in [4.69, 9.17) is 4.74 Å². The van der Waals surface area contributed by atoms with E-state index in [-0.39, 0.29) is 0 Å². The number of nitrogens with one attached hydrogen (secondary N) is 1. The summed E-state index contributed by atoms with van der Waals surface area (Å²) >= 11 is 0. The van der Waals surface area contributed by atoms with Crippen molar-refractivity contribution in [3.63, 3.8) is 0 Å². The highest BCUT2D eigenvalue weighted by atomic mass is 16.5. The molecule has 2 aromatic carbocycles. The van der Waals surface area contributed by atoms with E-state index in [0.29, 0.717) is 5.75 Å². The van der Waals surface area contributed by atoms with Gasteiger partial charge in [-0.1, -0.05) is 48.5 Å². The van der Waals surface area contributed by atoms with Crippen LogP contribution in [0, 0.1) is 0 Å². The number of nitrogens with zero attached hydrogens (tertiary/aromatic N) is 3. The van der Waals surface area contributed by atoms with Gasteiger partial charge < -0.3 is 10.1 Å². The van der Waals surface area contributed by atoms with Gasteiger partial charge in [0, 0.05) is 26.2 Å². The van der Waals surface area contributed by atoms with Crippen LogP contribution in [-0.2, 0) is 0 Å². The highest BCUT2D eigenvalue weighted by Gasteiger charge is 2.14. The summed E-state index contributed by atoms with van der Waals surface area (Å²) in [6.07, 6.45) is 7.77. The Bertz CT molecular complexity index is 964. The van der Waals surface area contributed by atoms with Crippen LogP contribution in [0.15, 0.2) is 61.1 Å². The summed E-state index contributed by atoms with van der Waals surface area (Å²) in [5, 5.41) is 6.01. The molecule has 0 saturated heterocycles. The summed E-state index contributed by atoms with van der Waals surface area (Å²) in [5.74, 6) is 1.44. The topological polar surface area (TPSA) is 50.3 Å². The van der Waals surface area contributed by atoms with Gasteiger partial charge in [-0.2, -0.15) is 0 Å². The van der Waals surface area contributed by atoms with Crippen molar-refractivity contribution in [1.82, 2.24) is 14.9 Å². The molecule has 0 saturated carbocycles. The summed E-state index contributed by atoms with van der Waals surface area (Å²) in [7, 11) is 1.64. The van der Waals surface area contributed by atoms with Crippen molar-refractivity contribution in [2.24, 2.45) is 0 Å². The number of benzene rings is 2. The first-order valence-electron chi connectivity index (χ1n) is 9.82. The summed E-state index contributed by atoms with van der Waals surface area (Å²) < 4.78 is 5.27. The molecule has 1 aromatic heterocycles. The molecule has 0 bridgehead atoms. The van der Waals surface area contributed by atoms with Crippen molar-refractivity contribution in [3.05, 3.63) is 66.6 Å². The zero-order valence-electron chi connectivity index (χ0n) is 16.3. The Morgan fingerprint density at radius 2 is 2.04 bits per heavy atom. The lowest BCUT2D eigenvalue weighted by Gasteiger charge is -2.27. The molecule has 2 heterocycles. The van der Waals surface area contributed by atoms with Crippen LogP contribution in [0.5, 0.6) is 5.75 Å². The van der Waals surface area contributed by atoms with Crippen molar-refractivity contribution in [2.45, 2.75) is 12.8 Å². The predicted molar refractivity (Wildman–Crippen MR) is 115 cm³/mol. The van der Waals surface area contributed by atoms with Crippen LogP contribution < -0.4 is 10.1 Å². The number of methoxy groups -OCH3 is 1. The molecule has 144 valence electrons. The maximum atomic E-state index is 5.27. The lowest BCUT2D eigenvalue weighted by atomic mass is 9.94. The Morgan fingerprint density at radius 1 is 1.14 bits per heavy atom. The molecule has 28 heavy (non-hydrogen) atoms. The van der Waals surface area contributed by atoms with E-state index in [2.05, 4.69) is 68.7 Å². The lowest BCUT2D eigenvalue weighted by Crippen LogP contribution is -2.30. The number of aromatic nitrogens is 2. The normalized spacial score (nSPS) is 14.7. The monoisotopic (exact) mass is 374 g/mol. The molecule has 1 N–H and O–H groups in total. The second kappa shape index (κ2) is 8.85. The zero-order chi connectivity index (χ0) is 19.2. The molecule has 0 aliphatic carbocycles. The van der Waals surface area contributed by atoms with Crippen LogP contribution in [0.3, 0.4) is 0 Å². The third kappa shape index (κ3) is 4.15. The minimum absolute atomic E-state index is 0.683. The van der Waals surface area contributed by atoms with Crippen molar-refractivity contribution < 1.29 is 4.74 Å². The summed E-state index contributed by atoms with van der Waals surface area (Å²) in [6.45, 7) is 4.05. The number of fused-ring (bicyclic) bond motifs is 1. The minimum Gasteiger partial charge on any atom is -0.491 e. The Kier molecular flexibility index (Phi) is 5.83. The molecule has 5 nitrogen and oxygen atoms in total. The predicted octanol–water partition coefficient (Wildman–Crippen LogP) is 4.23. The van der Waals surface area contributed by atoms with E-state index >= 15 is 0 Å². The highest BCUT2D eigenvalue weighted by molar-refractivity contribution is 5.94. The van der Waals surface area contributed by atoms with Crippen molar-refractivity contribution >= 4 is 22.2 Å². The molecular formula is C23H26N4O. The minimum atomic E-state index is 0.683. The molecule has 1 aliphatic rings. The Hall–Kier alpha value is -2.92. The fourth-order valence-corrected chi connectivity index (χ4v) is 3.77. The lowest BCUT2D eigenvalue weighted by molar-refractivity contribution is 0.301. The maximum absolute atomic E-state index is 5.27. The largest absolute Gasteiger partial charge is 0.491 e. The molecular weight excluding hydrogens is 348 g/mol. The van der Waals surface area contributed by atoms with Gasteiger partial charge in [0.2, 0.25) is 0 Å². The van der Waals surface area contributed by atoms with E-state index in [0.717, 1.165) is 44.8 Å². The Morgan fingerprint density at radius 3 is 2.89 bits per heavy atom. The van der Waals surface area contributed by atoms with E-state index in [1.54, 1.807) is 13.3 Å². The molecule has 4 rings (SSSR count). The summed E-state index contributed by atoms with van der Waals surface area (Å²) in [6, 6.07) is 15.3. The van der Waals surface area contributed by atoms with Gasteiger partial charge in [-0.25, -0.2) is 9.97 Å². The average molecular weight is 374 g/mol. The van der Waals surface area contributed by atoms with E-state index in [1.165, 1.54) is 28.2 Å². The standard InChI is InChI=1S/C23H26N4O/c1-28-22-16-24-17-26-23(22)25-12-5-13-27-14-10-19(11-15-27)21-9-4-7-18-6-2-3-8-20(18)21/h2-4,6-10,16-17H,5,11-15H2,1H3,(H,24,25,26). The summed E-state index contributed by atoms with van der Waals surface area (Å²) in [4.78, 5) is 10.7. The van der Waals surface area contributed by atoms with Crippen LogP contribution >= 0.6 is 0 Å². The van der Waals surface area contributed by atoms with Crippen LogP contribution in [0.1, 0.15) is 18.4 Å². The van der Waals surface area contributed by atoms with Gasteiger partial charge in [-0.15, -0.1) is 0 Å². The van der Waals surface area contributed by atoms with Gasteiger partial charge in [0.25, 0.3) is 0 Å². The van der Waals surface area contributed by atoms with E-state index in [9.17, 15) is 0 Å². The number of hydrogen-bond donors (Lipinski definition) is 1. The molecule has 3 aromatic rings. The smallest absolute Gasteiger partial charge is 0.179 e. The fourth-order valence-electron chi connectivity index (χ4n) is 3.77. The third-order valence-corrected chi connectivity index (χ3v) is 5.27. The van der Waals surface area contributed by atoms with Gasteiger partial charge in [0.05, 0.1) is 13.3 Å². The number of anilines is 1. The average Bonchev–Trinajstić information content (AvgIpc) is 2.77. The maximum Gasteiger partial charge on any atom is 0.179 e. The van der Waals surface area contributed by atoms with Crippen LogP contribution in [0.25, 0.3) is 16.3 Å². The van der Waals surface area contributed by atoms with Gasteiger partial charge in [0.1, 0.15) is 6.33 Å². The van der Waals surface area contributed by atoms with Crippen LogP contribution in [-0.4, -0.2) is 48.2 Å². The second-order valence-corrected chi connectivity index (χ2v) is 7.03. The molecule has 0 unspecified atom stereocenters. The van der Waals surface area contributed by atoms with Gasteiger partial charge in [-0.05, 0) is 34.8 Å². The quantitative estimate of drug-likeness (QED) is 0.627.